The molecule has 34 heavy (non-hydrogen) atoms. The fourth-order valence-electron chi connectivity index (χ4n) is 5.23. The molecule has 0 radical (unpaired) electrons. The van der Waals surface area contributed by atoms with Crippen LogP contribution in [-0.4, -0.2) is 4.57 Å². The first kappa shape index (κ1) is 19.1. The van der Waals surface area contributed by atoms with Gasteiger partial charge in [0.05, 0.1) is 11.0 Å². The van der Waals surface area contributed by atoms with Crippen LogP contribution in [0.3, 0.4) is 0 Å². The van der Waals surface area contributed by atoms with Crippen LogP contribution in [0.5, 0.6) is 0 Å². The summed E-state index contributed by atoms with van der Waals surface area (Å²) in [5, 5.41) is 4.91. The molecular weight excluding hydrogens is 417 g/mol. The largest absolute Gasteiger partial charge is 0.309 e. The Morgan fingerprint density at radius 1 is 0.441 bits per heavy atom. The van der Waals surface area contributed by atoms with E-state index >= 15 is 0 Å². The molecule has 0 fully saturated rings. The molecule has 0 N–H and O–H groups in total. The number of rotatable bonds is 3. The highest BCUT2D eigenvalue weighted by atomic mass is 19.1. The summed E-state index contributed by atoms with van der Waals surface area (Å²) < 4.78 is 16.1. The van der Waals surface area contributed by atoms with Crippen LogP contribution < -0.4 is 0 Å². The van der Waals surface area contributed by atoms with E-state index in [4.69, 9.17) is 0 Å². The smallest absolute Gasteiger partial charge is 0.123 e. The maximum atomic E-state index is 13.8. The quantitative estimate of drug-likeness (QED) is 0.243. The summed E-state index contributed by atoms with van der Waals surface area (Å²) in [7, 11) is 0. The van der Waals surface area contributed by atoms with Gasteiger partial charge in [-0.25, -0.2) is 4.39 Å². The summed E-state index contributed by atoms with van der Waals surface area (Å²) in [5.74, 6) is -0.230. The average Bonchev–Trinajstić information content (AvgIpc) is 3.23. The van der Waals surface area contributed by atoms with Crippen molar-refractivity contribution in [2.75, 3.05) is 0 Å². The minimum Gasteiger partial charge on any atom is -0.309 e. The second-order valence-electron chi connectivity index (χ2n) is 8.80. The summed E-state index contributed by atoms with van der Waals surface area (Å²) >= 11 is 0. The summed E-state index contributed by atoms with van der Waals surface area (Å²) in [6, 6.07) is 41.3. The van der Waals surface area contributed by atoms with Crippen molar-refractivity contribution < 1.29 is 4.39 Å². The van der Waals surface area contributed by atoms with Crippen LogP contribution >= 0.6 is 0 Å². The number of hydrogen-bond donors (Lipinski definition) is 0. The van der Waals surface area contributed by atoms with Gasteiger partial charge < -0.3 is 4.57 Å². The van der Waals surface area contributed by atoms with Gasteiger partial charge in [0.2, 0.25) is 0 Å². The van der Waals surface area contributed by atoms with Crippen molar-refractivity contribution in [1.82, 2.24) is 4.57 Å². The van der Waals surface area contributed by atoms with Crippen LogP contribution in [0.2, 0.25) is 0 Å². The summed E-state index contributed by atoms with van der Waals surface area (Å²) in [6.45, 7) is 0. The third-order valence-electron chi connectivity index (χ3n) is 6.77. The third kappa shape index (κ3) is 2.85. The van der Waals surface area contributed by atoms with Crippen molar-refractivity contribution in [3.8, 4) is 27.9 Å². The molecule has 0 saturated carbocycles. The van der Waals surface area contributed by atoms with Crippen LogP contribution in [0.25, 0.3) is 60.5 Å². The maximum Gasteiger partial charge on any atom is 0.123 e. The number of nitrogens with zero attached hydrogens (tertiary/aromatic N) is 1. The van der Waals surface area contributed by atoms with Gasteiger partial charge in [-0.15, -0.1) is 0 Å². The molecule has 0 unspecified atom stereocenters. The van der Waals surface area contributed by atoms with E-state index < -0.39 is 0 Å². The standard InChI is InChI=1S/C32H20FN/c33-27-13-15-28(16-14-27)34-29-19-25(21-7-3-1-4-8-21)17-23-11-12-24-18-26(22-9-5-2-6-10-22)20-30(34)32(24)31(23)29/h1-20H. The normalized spacial score (nSPS) is 11.7. The van der Waals surface area contributed by atoms with Crippen LogP contribution in [0, 0.1) is 5.82 Å². The van der Waals surface area contributed by atoms with E-state index in [2.05, 4.69) is 89.5 Å². The highest BCUT2D eigenvalue weighted by molar-refractivity contribution is 6.25. The molecule has 0 spiro atoms. The zero-order valence-corrected chi connectivity index (χ0v) is 18.4. The zero-order chi connectivity index (χ0) is 22.6. The molecule has 0 saturated heterocycles. The van der Waals surface area contributed by atoms with Crippen molar-refractivity contribution in [1.29, 1.82) is 0 Å². The zero-order valence-electron chi connectivity index (χ0n) is 18.4. The predicted molar refractivity (Wildman–Crippen MR) is 140 cm³/mol. The molecule has 7 rings (SSSR count). The van der Waals surface area contributed by atoms with Gasteiger partial charge in [-0.05, 0) is 81.6 Å². The Kier molecular flexibility index (Phi) is 4.09. The van der Waals surface area contributed by atoms with Gasteiger partial charge in [0.25, 0.3) is 0 Å². The number of benzene rings is 6. The number of hydrogen-bond acceptors (Lipinski definition) is 0. The third-order valence-corrected chi connectivity index (χ3v) is 6.77. The maximum absolute atomic E-state index is 13.8. The lowest BCUT2D eigenvalue weighted by Gasteiger charge is -2.10. The minimum absolute atomic E-state index is 0.230. The van der Waals surface area contributed by atoms with Gasteiger partial charge >= 0.3 is 0 Å². The topological polar surface area (TPSA) is 4.93 Å². The Labute approximate surface area is 196 Å². The van der Waals surface area contributed by atoms with E-state index in [1.54, 1.807) is 0 Å². The lowest BCUT2D eigenvalue weighted by atomic mass is 9.95. The molecule has 1 aromatic heterocycles. The molecule has 0 aliphatic heterocycles. The van der Waals surface area contributed by atoms with Gasteiger partial charge in [0.1, 0.15) is 5.82 Å². The van der Waals surface area contributed by atoms with Crippen molar-refractivity contribution in [3.05, 3.63) is 127 Å². The Bertz CT molecular complexity index is 1670. The fourth-order valence-corrected chi connectivity index (χ4v) is 5.23. The first-order valence-electron chi connectivity index (χ1n) is 11.5. The molecule has 160 valence electrons. The molecule has 0 atom stereocenters. The van der Waals surface area contributed by atoms with Crippen LogP contribution in [0.1, 0.15) is 0 Å². The van der Waals surface area contributed by atoms with Crippen LogP contribution in [-0.2, 0) is 0 Å². The van der Waals surface area contributed by atoms with Crippen LogP contribution in [0.15, 0.2) is 121 Å². The summed E-state index contributed by atoms with van der Waals surface area (Å²) in [6.07, 6.45) is 0. The molecule has 0 aliphatic rings. The number of aromatic nitrogens is 1. The lowest BCUT2D eigenvalue weighted by molar-refractivity contribution is 0.627. The van der Waals surface area contributed by atoms with Crippen molar-refractivity contribution >= 4 is 32.6 Å². The monoisotopic (exact) mass is 437 g/mol. The van der Waals surface area contributed by atoms with E-state index in [0.717, 1.165) is 16.7 Å². The average molecular weight is 438 g/mol. The molecule has 0 aliphatic carbocycles. The van der Waals surface area contributed by atoms with Gasteiger partial charge in [0, 0.05) is 16.5 Å². The van der Waals surface area contributed by atoms with Crippen LogP contribution in [0.4, 0.5) is 4.39 Å². The molecule has 1 nitrogen and oxygen atoms in total. The SMILES string of the molecule is Fc1ccc(-n2c3cc(-c4ccccc4)cc4ccc5cc(-c6ccccc6)cc2c5c43)cc1. The Balaban J connectivity index is 1.64. The first-order chi connectivity index (χ1) is 16.8. The second kappa shape index (κ2) is 7.29. The molecular formula is C32H20FN. The first-order valence-corrected chi connectivity index (χ1v) is 11.5. The van der Waals surface area contributed by atoms with Gasteiger partial charge in [0.15, 0.2) is 0 Å². The van der Waals surface area contributed by atoms with Gasteiger partial charge in [-0.3, -0.25) is 0 Å². The van der Waals surface area contributed by atoms with Crippen molar-refractivity contribution in [2.24, 2.45) is 0 Å². The molecule has 2 heteroatoms. The predicted octanol–water partition coefficient (Wildman–Crippen LogP) is 8.85. The summed E-state index contributed by atoms with van der Waals surface area (Å²) in [5.41, 5.74) is 7.93. The van der Waals surface area contributed by atoms with E-state index in [-0.39, 0.29) is 5.82 Å². The molecule has 7 aromatic rings. The lowest BCUT2D eigenvalue weighted by Crippen LogP contribution is -1.94. The van der Waals surface area contributed by atoms with E-state index in [0.29, 0.717) is 0 Å². The molecule has 6 aromatic carbocycles. The van der Waals surface area contributed by atoms with E-state index in [9.17, 15) is 4.39 Å². The highest BCUT2D eigenvalue weighted by Gasteiger charge is 2.19. The minimum atomic E-state index is -0.230. The van der Waals surface area contributed by atoms with E-state index in [1.807, 2.05) is 24.3 Å². The highest BCUT2D eigenvalue weighted by Crippen LogP contribution is 2.42. The second-order valence-corrected chi connectivity index (χ2v) is 8.80. The Morgan fingerprint density at radius 3 is 1.38 bits per heavy atom. The van der Waals surface area contributed by atoms with Crippen molar-refractivity contribution in [3.63, 3.8) is 0 Å². The van der Waals surface area contributed by atoms with E-state index in [1.165, 1.54) is 55.9 Å². The van der Waals surface area contributed by atoms with Crippen molar-refractivity contribution in [2.45, 2.75) is 0 Å². The Hall–Kier alpha value is -4.43. The molecule has 1 heterocycles. The molecule has 0 amide bonds. The Morgan fingerprint density at radius 2 is 0.912 bits per heavy atom. The van der Waals surface area contributed by atoms with Gasteiger partial charge in [-0.1, -0.05) is 72.8 Å². The van der Waals surface area contributed by atoms with Gasteiger partial charge in [-0.2, -0.15) is 0 Å². The fraction of sp³-hybridized carbons (Fsp3) is 0. The summed E-state index contributed by atoms with van der Waals surface area (Å²) in [4.78, 5) is 0. The number of halogens is 1. The molecule has 0 bridgehead atoms.